The minimum absolute atomic E-state index is 0.114. The zero-order valence-electron chi connectivity index (χ0n) is 17.5. The lowest BCUT2D eigenvalue weighted by atomic mass is 10.1. The van der Waals surface area contributed by atoms with Gasteiger partial charge in [0.05, 0.1) is 25.8 Å². The highest BCUT2D eigenvalue weighted by atomic mass is 127. The monoisotopic (exact) mass is 676 g/mol. The second-order valence-corrected chi connectivity index (χ2v) is 10.5. The summed E-state index contributed by atoms with van der Waals surface area (Å²) in [5, 5.41) is 3.20. The lowest BCUT2D eigenvalue weighted by Crippen LogP contribution is -2.54. The van der Waals surface area contributed by atoms with Crippen molar-refractivity contribution in [2.75, 3.05) is 4.90 Å². The molecule has 35 heavy (non-hydrogen) atoms. The molecule has 1 aliphatic rings. The molecule has 0 bridgehead atoms. The maximum Gasteiger partial charge on any atom is 0.270 e. The number of hydrogen-bond acceptors (Lipinski definition) is 4. The Bertz CT molecular complexity index is 1370. The molecule has 3 aromatic rings. The van der Waals surface area contributed by atoms with Gasteiger partial charge in [0.15, 0.2) is 10.9 Å². The number of nitrogens with zero attached hydrogens (tertiary/aromatic N) is 1. The summed E-state index contributed by atoms with van der Waals surface area (Å²) in [6.07, 6.45) is 1.37. The maximum atomic E-state index is 13.3. The number of benzene rings is 3. The maximum absolute atomic E-state index is 13.3. The van der Waals surface area contributed by atoms with E-state index in [4.69, 9.17) is 63.4 Å². The number of amides is 2. The van der Waals surface area contributed by atoms with Crippen molar-refractivity contribution in [3.63, 3.8) is 0 Å². The van der Waals surface area contributed by atoms with Crippen LogP contribution in [0.1, 0.15) is 11.1 Å². The molecule has 1 N–H and O–H groups in total. The van der Waals surface area contributed by atoms with Gasteiger partial charge in [-0.3, -0.25) is 19.8 Å². The minimum Gasteiger partial charge on any atom is -0.486 e. The Labute approximate surface area is 240 Å². The van der Waals surface area contributed by atoms with E-state index in [0.29, 0.717) is 11.3 Å². The minimum atomic E-state index is -0.672. The SMILES string of the molecule is O=C1NC(=S)N(c2cccc(Cl)c2Cl)C(=O)/C1=C/c1cc(Cl)c(OCc2ccc(I)cc2)c(Cl)c1. The predicted molar refractivity (Wildman–Crippen MR) is 153 cm³/mol. The van der Waals surface area contributed by atoms with Crippen LogP contribution in [-0.4, -0.2) is 16.9 Å². The van der Waals surface area contributed by atoms with Gasteiger partial charge in [0.2, 0.25) is 0 Å². The van der Waals surface area contributed by atoms with E-state index in [1.165, 1.54) is 6.08 Å². The molecule has 0 saturated carbocycles. The number of carbonyl (C=O) groups excluding carboxylic acids is 2. The van der Waals surface area contributed by atoms with Crippen LogP contribution in [0.3, 0.4) is 0 Å². The number of halogens is 5. The molecular weight excluding hydrogens is 665 g/mol. The molecule has 178 valence electrons. The molecule has 0 radical (unpaired) electrons. The number of anilines is 1. The van der Waals surface area contributed by atoms with Crippen LogP contribution < -0.4 is 15.0 Å². The van der Waals surface area contributed by atoms with Gasteiger partial charge in [-0.1, -0.05) is 64.6 Å². The molecule has 5 nitrogen and oxygen atoms in total. The van der Waals surface area contributed by atoms with Gasteiger partial charge in [0, 0.05) is 3.57 Å². The molecule has 1 fully saturated rings. The predicted octanol–water partition coefficient (Wildman–Crippen LogP) is 7.32. The van der Waals surface area contributed by atoms with Crippen LogP contribution in [0.2, 0.25) is 20.1 Å². The van der Waals surface area contributed by atoms with Gasteiger partial charge in [-0.15, -0.1) is 0 Å². The fourth-order valence-corrected chi connectivity index (χ4v) is 4.87. The molecule has 3 aromatic carbocycles. The first-order chi connectivity index (χ1) is 16.7. The third kappa shape index (κ3) is 5.76. The van der Waals surface area contributed by atoms with E-state index in [1.54, 1.807) is 30.3 Å². The van der Waals surface area contributed by atoms with E-state index >= 15 is 0 Å². The summed E-state index contributed by atoms with van der Waals surface area (Å²) in [6.45, 7) is 0.268. The summed E-state index contributed by atoms with van der Waals surface area (Å²) >= 11 is 32.6. The van der Waals surface area contributed by atoms with Gasteiger partial charge in [0.1, 0.15) is 12.2 Å². The fraction of sp³-hybridized carbons (Fsp3) is 0.0417. The van der Waals surface area contributed by atoms with Crippen LogP contribution in [0, 0.1) is 3.57 Å². The van der Waals surface area contributed by atoms with E-state index in [-0.39, 0.29) is 43.1 Å². The van der Waals surface area contributed by atoms with Crippen LogP contribution in [0.4, 0.5) is 5.69 Å². The highest BCUT2D eigenvalue weighted by Gasteiger charge is 2.35. The summed E-state index contributed by atoms with van der Waals surface area (Å²) < 4.78 is 6.92. The lowest BCUT2D eigenvalue weighted by Gasteiger charge is -2.29. The molecule has 0 unspecified atom stereocenters. The zero-order valence-corrected chi connectivity index (χ0v) is 23.4. The Morgan fingerprint density at radius 1 is 0.971 bits per heavy atom. The van der Waals surface area contributed by atoms with Gasteiger partial charge in [-0.2, -0.15) is 0 Å². The molecule has 4 rings (SSSR count). The molecule has 1 aliphatic heterocycles. The highest BCUT2D eigenvalue weighted by Crippen LogP contribution is 2.37. The molecule has 0 aliphatic carbocycles. The van der Waals surface area contributed by atoms with Crippen molar-refractivity contribution >= 4 is 110 Å². The lowest BCUT2D eigenvalue weighted by molar-refractivity contribution is -0.122. The van der Waals surface area contributed by atoms with E-state index in [1.807, 2.05) is 24.3 Å². The number of thiocarbonyl (C=S) groups is 1. The van der Waals surface area contributed by atoms with Gasteiger partial charge in [-0.25, -0.2) is 0 Å². The standard InChI is InChI=1S/C24H13Cl4IN2O3S/c25-16-2-1-3-19(20(16)28)31-23(33)15(22(32)30-24(31)35)8-13-9-17(26)21(18(27)10-13)34-11-12-4-6-14(29)7-5-12/h1-10H,11H2,(H,30,32,35)/b15-8+. The van der Waals surface area contributed by atoms with Gasteiger partial charge in [-0.05, 0) is 88.4 Å². The fourth-order valence-electron chi connectivity index (χ4n) is 3.24. The van der Waals surface area contributed by atoms with Crippen molar-refractivity contribution in [3.05, 3.63) is 95.0 Å². The number of rotatable bonds is 5. The summed E-state index contributed by atoms with van der Waals surface area (Å²) in [7, 11) is 0. The normalized spacial score (nSPS) is 14.9. The van der Waals surface area contributed by atoms with Crippen LogP contribution in [-0.2, 0) is 16.2 Å². The van der Waals surface area contributed by atoms with Crippen molar-refractivity contribution in [1.29, 1.82) is 0 Å². The molecule has 0 aromatic heterocycles. The molecule has 1 saturated heterocycles. The van der Waals surface area contributed by atoms with Gasteiger partial charge in [0.25, 0.3) is 11.8 Å². The van der Waals surface area contributed by atoms with Crippen molar-refractivity contribution in [2.24, 2.45) is 0 Å². The van der Waals surface area contributed by atoms with Crippen molar-refractivity contribution < 1.29 is 14.3 Å². The van der Waals surface area contributed by atoms with Gasteiger partial charge < -0.3 is 4.74 Å². The highest BCUT2D eigenvalue weighted by molar-refractivity contribution is 14.1. The van der Waals surface area contributed by atoms with Crippen molar-refractivity contribution in [2.45, 2.75) is 6.61 Å². The topological polar surface area (TPSA) is 58.6 Å². The van der Waals surface area contributed by atoms with Gasteiger partial charge >= 0.3 is 0 Å². The molecular formula is C24H13Cl4IN2O3S. The molecule has 0 spiro atoms. The first-order valence-corrected chi connectivity index (χ1v) is 12.9. The number of nitrogens with one attached hydrogen (secondary N) is 1. The van der Waals surface area contributed by atoms with E-state index in [0.717, 1.165) is 14.0 Å². The Morgan fingerprint density at radius 3 is 2.29 bits per heavy atom. The van der Waals surface area contributed by atoms with E-state index in [9.17, 15) is 9.59 Å². The Hall–Kier alpha value is -1.88. The van der Waals surface area contributed by atoms with Crippen LogP contribution >= 0.6 is 81.2 Å². The van der Waals surface area contributed by atoms with E-state index < -0.39 is 11.8 Å². The second-order valence-electron chi connectivity index (χ2n) is 7.26. The Balaban J connectivity index is 1.63. The first-order valence-electron chi connectivity index (χ1n) is 9.87. The molecule has 11 heteroatoms. The largest absolute Gasteiger partial charge is 0.486 e. The van der Waals surface area contributed by atoms with Crippen molar-refractivity contribution in [1.82, 2.24) is 5.32 Å². The third-order valence-corrected chi connectivity index (χ3v) is 7.28. The second kappa shape index (κ2) is 11.0. The zero-order chi connectivity index (χ0) is 25.3. The van der Waals surface area contributed by atoms with E-state index in [2.05, 4.69) is 27.9 Å². The summed E-state index contributed by atoms with van der Waals surface area (Å²) in [4.78, 5) is 27.0. The first kappa shape index (κ1) is 26.2. The average Bonchev–Trinajstić information content (AvgIpc) is 2.80. The Kier molecular flexibility index (Phi) is 8.25. The quantitative estimate of drug-likeness (QED) is 0.133. The molecule has 2 amide bonds. The number of carbonyl (C=O) groups is 2. The van der Waals surface area contributed by atoms with Crippen LogP contribution in [0.5, 0.6) is 5.75 Å². The summed E-state index contributed by atoms with van der Waals surface area (Å²) in [5.41, 5.74) is 1.43. The van der Waals surface area contributed by atoms with Crippen LogP contribution in [0.25, 0.3) is 6.08 Å². The third-order valence-electron chi connectivity index (χ3n) is 4.90. The summed E-state index contributed by atoms with van der Waals surface area (Å²) in [5.74, 6) is -1.04. The Morgan fingerprint density at radius 2 is 1.63 bits per heavy atom. The number of ether oxygens (including phenoxy) is 1. The van der Waals surface area contributed by atoms with Crippen molar-refractivity contribution in [3.8, 4) is 5.75 Å². The average molecular weight is 678 g/mol. The summed E-state index contributed by atoms with van der Waals surface area (Å²) in [6, 6.07) is 15.7. The smallest absolute Gasteiger partial charge is 0.270 e. The molecule has 1 heterocycles. The molecule has 0 atom stereocenters. The van der Waals surface area contributed by atoms with Crippen LogP contribution in [0.15, 0.2) is 60.2 Å². The number of hydrogen-bond donors (Lipinski definition) is 1.